The second-order valence-corrected chi connectivity index (χ2v) is 7.57. The number of guanidine groups is 1. The van der Waals surface area contributed by atoms with Crippen LogP contribution in [0.3, 0.4) is 0 Å². The lowest BCUT2D eigenvalue weighted by atomic mass is 10.1. The Hall–Kier alpha value is -2.87. The van der Waals surface area contributed by atoms with Crippen LogP contribution in [-0.4, -0.2) is 84.8 Å². The van der Waals surface area contributed by atoms with E-state index in [1.165, 1.54) is 5.56 Å². The van der Waals surface area contributed by atoms with Gasteiger partial charge in [-0.05, 0) is 26.1 Å². The van der Waals surface area contributed by atoms with Gasteiger partial charge in [-0.2, -0.15) is 5.10 Å². The quantitative estimate of drug-likeness (QED) is 0.577. The third kappa shape index (κ3) is 5.35. The number of carbonyl (C=O) groups is 1. The lowest BCUT2D eigenvalue weighted by Crippen LogP contribution is -2.56. The monoisotopic (exact) mass is 397 g/mol. The average molecular weight is 398 g/mol. The minimum atomic E-state index is 0.0562. The number of aryl methyl sites for hydroxylation is 1. The number of aromatic nitrogens is 2. The van der Waals surface area contributed by atoms with Crippen molar-refractivity contribution in [3.8, 4) is 0 Å². The molecule has 29 heavy (non-hydrogen) atoms. The van der Waals surface area contributed by atoms with Crippen LogP contribution in [0.2, 0.25) is 0 Å². The molecule has 1 aliphatic heterocycles. The van der Waals surface area contributed by atoms with Crippen LogP contribution in [0.15, 0.2) is 47.7 Å². The zero-order valence-electron chi connectivity index (χ0n) is 17.7. The number of anilines is 1. The summed E-state index contributed by atoms with van der Waals surface area (Å²) in [6, 6.07) is 10.8. The lowest BCUT2D eigenvalue weighted by Gasteiger charge is -2.36. The van der Waals surface area contributed by atoms with Gasteiger partial charge in [0.15, 0.2) is 5.96 Å². The van der Waals surface area contributed by atoms with Crippen molar-refractivity contribution in [1.82, 2.24) is 24.9 Å². The molecule has 1 aliphatic rings. The maximum Gasteiger partial charge on any atom is 0.246 e. The summed E-state index contributed by atoms with van der Waals surface area (Å²) in [6.07, 6.45) is 4.54. The second kappa shape index (κ2) is 9.56. The Morgan fingerprint density at radius 1 is 1.28 bits per heavy atom. The Labute approximate surface area is 172 Å². The molecule has 1 aromatic heterocycles. The standard InChI is InChI=1S/C21H31N7O/c1-22-21(23-13-18(25(2)3)12-17-8-6-5-7-9-17)27-10-11-28(20(29)16-27)19-14-24-26(4)15-19/h5-9,14-15,18H,10-13,16H2,1-4H3,(H,22,23). The summed E-state index contributed by atoms with van der Waals surface area (Å²) in [6.45, 7) is 2.41. The summed E-state index contributed by atoms with van der Waals surface area (Å²) in [4.78, 5) is 23.1. The summed E-state index contributed by atoms with van der Waals surface area (Å²) in [5.74, 6) is 0.824. The topological polar surface area (TPSA) is 69.0 Å². The van der Waals surface area contributed by atoms with Gasteiger partial charge < -0.3 is 20.0 Å². The third-order valence-corrected chi connectivity index (χ3v) is 5.28. The number of hydrogen-bond acceptors (Lipinski definition) is 4. The zero-order chi connectivity index (χ0) is 20.8. The highest BCUT2D eigenvalue weighted by Gasteiger charge is 2.28. The lowest BCUT2D eigenvalue weighted by molar-refractivity contribution is -0.120. The predicted octanol–water partition coefficient (Wildman–Crippen LogP) is 0.817. The number of hydrogen-bond donors (Lipinski definition) is 1. The third-order valence-electron chi connectivity index (χ3n) is 5.28. The Balaban J connectivity index is 1.57. The highest BCUT2D eigenvalue weighted by atomic mass is 16.2. The average Bonchev–Trinajstić information content (AvgIpc) is 3.14. The highest BCUT2D eigenvalue weighted by molar-refractivity contribution is 5.98. The number of nitrogens with zero attached hydrogens (tertiary/aromatic N) is 6. The molecule has 0 aliphatic carbocycles. The number of amides is 1. The van der Waals surface area contributed by atoms with E-state index >= 15 is 0 Å². The Bertz CT molecular complexity index is 831. The van der Waals surface area contributed by atoms with Gasteiger partial charge in [0, 0.05) is 46.0 Å². The first-order valence-corrected chi connectivity index (χ1v) is 9.93. The van der Waals surface area contributed by atoms with Crippen LogP contribution < -0.4 is 10.2 Å². The van der Waals surface area contributed by atoms with E-state index in [0.29, 0.717) is 19.1 Å². The van der Waals surface area contributed by atoms with Crippen molar-refractivity contribution in [3.05, 3.63) is 48.3 Å². The predicted molar refractivity (Wildman–Crippen MR) is 116 cm³/mol. The first-order chi connectivity index (χ1) is 14.0. The van der Waals surface area contributed by atoms with Gasteiger partial charge in [-0.25, -0.2) is 0 Å². The number of aliphatic imine (C=N–C) groups is 1. The normalized spacial score (nSPS) is 16.4. The van der Waals surface area contributed by atoms with Crippen LogP contribution in [0.1, 0.15) is 5.56 Å². The number of carbonyl (C=O) groups excluding carboxylic acids is 1. The molecular formula is C21H31N7O. The molecule has 156 valence electrons. The number of rotatable bonds is 6. The minimum Gasteiger partial charge on any atom is -0.355 e. The molecule has 2 heterocycles. The van der Waals surface area contributed by atoms with Crippen LogP contribution in [0.4, 0.5) is 5.69 Å². The van der Waals surface area contributed by atoms with E-state index in [0.717, 1.165) is 31.2 Å². The van der Waals surface area contributed by atoms with Crippen LogP contribution in [-0.2, 0) is 18.3 Å². The van der Waals surface area contributed by atoms with Crippen molar-refractivity contribution in [3.63, 3.8) is 0 Å². The van der Waals surface area contributed by atoms with Crippen molar-refractivity contribution < 1.29 is 4.79 Å². The van der Waals surface area contributed by atoms with Gasteiger partial charge in [0.2, 0.25) is 5.91 Å². The Kier molecular flexibility index (Phi) is 6.87. The molecular weight excluding hydrogens is 366 g/mol. The molecule has 1 atom stereocenters. The van der Waals surface area contributed by atoms with Crippen molar-refractivity contribution in [1.29, 1.82) is 0 Å². The number of nitrogens with one attached hydrogen (secondary N) is 1. The summed E-state index contributed by atoms with van der Waals surface area (Å²) in [5, 5.41) is 7.63. The van der Waals surface area contributed by atoms with E-state index in [1.54, 1.807) is 22.8 Å². The molecule has 8 heteroatoms. The SMILES string of the molecule is CN=C(NCC(Cc1ccccc1)N(C)C)N1CCN(c2cnn(C)c2)C(=O)C1. The molecule has 1 N–H and O–H groups in total. The molecule has 1 aromatic carbocycles. The van der Waals surface area contributed by atoms with Crippen LogP contribution in [0, 0.1) is 0 Å². The minimum absolute atomic E-state index is 0.0562. The van der Waals surface area contributed by atoms with E-state index < -0.39 is 0 Å². The van der Waals surface area contributed by atoms with Crippen molar-refractivity contribution in [2.24, 2.45) is 12.0 Å². The van der Waals surface area contributed by atoms with Crippen LogP contribution in [0.25, 0.3) is 0 Å². The van der Waals surface area contributed by atoms with Gasteiger partial charge in [0.05, 0.1) is 11.9 Å². The molecule has 1 amide bonds. The maximum absolute atomic E-state index is 12.7. The van der Waals surface area contributed by atoms with Gasteiger partial charge in [0.1, 0.15) is 6.54 Å². The largest absolute Gasteiger partial charge is 0.355 e. The number of piperazine rings is 1. The maximum atomic E-state index is 12.7. The Morgan fingerprint density at radius 2 is 2.03 bits per heavy atom. The van der Waals surface area contributed by atoms with E-state index in [2.05, 4.69) is 58.7 Å². The highest BCUT2D eigenvalue weighted by Crippen LogP contribution is 2.16. The smallest absolute Gasteiger partial charge is 0.246 e. The molecule has 8 nitrogen and oxygen atoms in total. The summed E-state index contributed by atoms with van der Waals surface area (Å²) in [7, 11) is 7.80. The van der Waals surface area contributed by atoms with Gasteiger partial charge >= 0.3 is 0 Å². The fourth-order valence-electron chi connectivity index (χ4n) is 3.54. The van der Waals surface area contributed by atoms with Crippen molar-refractivity contribution >= 4 is 17.6 Å². The first-order valence-electron chi connectivity index (χ1n) is 9.93. The second-order valence-electron chi connectivity index (χ2n) is 7.57. The molecule has 1 unspecified atom stereocenters. The molecule has 0 radical (unpaired) electrons. The first kappa shape index (κ1) is 20.9. The molecule has 3 rings (SSSR count). The van der Waals surface area contributed by atoms with Crippen molar-refractivity contribution in [2.45, 2.75) is 12.5 Å². The number of benzene rings is 1. The van der Waals surface area contributed by atoms with Gasteiger partial charge in [-0.3, -0.25) is 14.5 Å². The zero-order valence-corrected chi connectivity index (χ0v) is 17.7. The van der Waals surface area contributed by atoms with E-state index in [4.69, 9.17) is 0 Å². The molecule has 2 aromatic rings. The van der Waals surface area contributed by atoms with E-state index in [9.17, 15) is 4.79 Å². The molecule has 1 saturated heterocycles. The molecule has 1 fully saturated rings. The van der Waals surface area contributed by atoms with Gasteiger partial charge in [-0.15, -0.1) is 0 Å². The fourth-order valence-corrected chi connectivity index (χ4v) is 3.54. The fraction of sp³-hybridized carbons (Fsp3) is 0.476. The summed E-state index contributed by atoms with van der Waals surface area (Å²) >= 11 is 0. The summed E-state index contributed by atoms with van der Waals surface area (Å²) in [5.41, 5.74) is 2.15. The van der Waals surface area contributed by atoms with Crippen LogP contribution in [0.5, 0.6) is 0 Å². The molecule has 0 bridgehead atoms. The number of likely N-dealkylation sites (N-methyl/N-ethyl adjacent to an activating group) is 1. The van der Waals surface area contributed by atoms with Crippen molar-refractivity contribution in [2.75, 3.05) is 52.2 Å². The summed E-state index contributed by atoms with van der Waals surface area (Å²) < 4.78 is 1.71. The molecule has 0 saturated carbocycles. The van der Waals surface area contributed by atoms with Crippen LogP contribution >= 0.6 is 0 Å². The van der Waals surface area contributed by atoms with E-state index in [1.807, 2.05) is 24.2 Å². The van der Waals surface area contributed by atoms with Gasteiger partial charge in [-0.1, -0.05) is 30.3 Å². The Morgan fingerprint density at radius 3 is 2.62 bits per heavy atom. The van der Waals surface area contributed by atoms with E-state index in [-0.39, 0.29) is 5.91 Å². The van der Waals surface area contributed by atoms with Gasteiger partial charge in [0.25, 0.3) is 0 Å². The molecule has 0 spiro atoms.